The minimum atomic E-state index is -0.240. The molecule has 2 N–H and O–H groups in total. The molecule has 1 atom stereocenters. The van der Waals surface area contributed by atoms with Gasteiger partial charge in [0, 0.05) is 39.7 Å². The first kappa shape index (κ1) is 22.0. The second kappa shape index (κ2) is 10.9. The van der Waals surface area contributed by atoms with Gasteiger partial charge in [0.05, 0.1) is 11.8 Å². The Bertz CT molecular complexity index is 641. The molecular formula is C23H36FN3O2. The first-order valence-corrected chi connectivity index (χ1v) is 11.1. The van der Waals surface area contributed by atoms with E-state index >= 15 is 0 Å². The molecule has 1 aliphatic carbocycles. The Morgan fingerprint density at radius 1 is 1.17 bits per heavy atom. The van der Waals surface area contributed by atoms with E-state index in [0.29, 0.717) is 12.3 Å². The second-order valence-electron chi connectivity index (χ2n) is 8.63. The van der Waals surface area contributed by atoms with Crippen molar-refractivity contribution in [2.45, 2.75) is 51.0 Å². The highest BCUT2D eigenvalue weighted by atomic mass is 19.1. The predicted octanol–water partition coefficient (Wildman–Crippen LogP) is 3.42. The summed E-state index contributed by atoms with van der Waals surface area (Å²) in [5, 5.41) is 0. The molecule has 1 saturated heterocycles. The molecule has 29 heavy (non-hydrogen) atoms. The second-order valence-corrected chi connectivity index (χ2v) is 8.63. The Balaban J connectivity index is 1.35. The van der Waals surface area contributed by atoms with Crippen molar-refractivity contribution in [3.8, 4) is 0 Å². The lowest BCUT2D eigenvalue weighted by atomic mass is 9.77. The van der Waals surface area contributed by atoms with Crippen LogP contribution >= 0.6 is 0 Å². The van der Waals surface area contributed by atoms with Crippen LogP contribution in [0.1, 0.15) is 44.9 Å². The zero-order valence-corrected chi connectivity index (χ0v) is 17.7. The van der Waals surface area contributed by atoms with Gasteiger partial charge in [-0.25, -0.2) is 4.39 Å². The van der Waals surface area contributed by atoms with Crippen molar-refractivity contribution < 1.29 is 13.9 Å². The summed E-state index contributed by atoms with van der Waals surface area (Å²) in [5.41, 5.74) is 6.02. The van der Waals surface area contributed by atoms with Crippen LogP contribution in [0.3, 0.4) is 0 Å². The number of ether oxygens (including phenoxy) is 1. The zero-order chi connectivity index (χ0) is 20.6. The van der Waals surface area contributed by atoms with Gasteiger partial charge in [-0.05, 0) is 56.2 Å². The Morgan fingerprint density at radius 3 is 2.48 bits per heavy atom. The molecule has 6 heteroatoms. The molecule has 2 aliphatic rings. The number of rotatable bonds is 9. The van der Waals surface area contributed by atoms with Gasteiger partial charge in [-0.3, -0.25) is 9.69 Å². The lowest BCUT2D eigenvalue weighted by Crippen LogP contribution is -2.47. The molecule has 0 spiro atoms. The third kappa shape index (κ3) is 6.41. The number of anilines is 1. The molecule has 1 amide bonds. The van der Waals surface area contributed by atoms with Gasteiger partial charge < -0.3 is 15.4 Å². The van der Waals surface area contributed by atoms with Gasteiger partial charge in [0.1, 0.15) is 5.82 Å². The number of amides is 1. The molecule has 1 aromatic carbocycles. The maximum Gasteiger partial charge on any atom is 0.217 e. The molecule has 0 aromatic heterocycles. The van der Waals surface area contributed by atoms with Crippen LogP contribution in [0.4, 0.5) is 10.1 Å². The highest BCUT2D eigenvalue weighted by Crippen LogP contribution is 2.35. The molecule has 1 heterocycles. The number of halogens is 1. The SMILES string of the molecule is COC(CCC(N)=O)C1CCC(CCN2CCN(c3ccccc3F)CC2)CC1. The first-order chi connectivity index (χ1) is 14.1. The fraction of sp³-hybridized carbons (Fsp3) is 0.696. The Kier molecular flexibility index (Phi) is 8.30. The molecule has 1 aromatic rings. The number of hydrogen-bond donors (Lipinski definition) is 1. The van der Waals surface area contributed by atoms with Crippen LogP contribution in [0.15, 0.2) is 24.3 Å². The van der Waals surface area contributed by atoms with Crippen LogP contribution in [-0.2, 0) is 9.53 Å². The average molecular weight is 406 g/mol. The molecular weight excluding hydrogens is 369 g/mol. The normalized spacial score (nSPS) is 24.4. The summed E-state index contributed by atoms with van der Waals surface area (Å²) in [5.74, 6) is 0.975. The molecule has 1 unspecified atom stereocenters. The van der Waals surface area contributed by atoms with E-state index in [1.54, 1.807) is 19.2 Å². The fourth-order valence-corrected chi connectivity index (χ4v) is 4.96. The number of para-hydroxylation sites is 1. The third-order valence-electron chi connectivity index (χ3n) is 6.81. The topological polar surface area (TPSA) is 58.8 Å². The van der Waals surface area contributed by atoms with Gasteiger partial charge in [-0.2, -0.15) is 0 Å². The van der Waals surface area contributed by atoms with Crippen LogP contribution in [-0.4, -0.2) is 56.7 Å². The molecule has 2 fully saturated rings. The van der Waals surface area contributed by atoms with Gasteiger partial charge in [0.25, 0.3) is 0 Å². The lowest BCUT2D eigenvalue weighted by Gasteiger charge is -2.38. The largest absolute Gasteiger partial charge is 0.381 e. The van der Waals surface area contributed by atoms with Gasteiger partial charge in [-0.15, -0.1) is 0 Å². The maximum absolute atomic E-state index is 14.0. The van der Waals surface area contributed by atoms with Crippen LogP contribution in [0.5, 0.6) is 0 Å². The van der Waals surface area contributed by atoms with Gasteiger partial charge >= 0.3 is 0 Å². The van der Waals surface area contributed by atoms with E-state index in [1.807, 2.05) is 12.1 Å². The summed E-state index contributed by atoms with van der Waals surface area (Å²) >= 11 is 0. The highest BCUT2D eigenvalue weighted by molar-refractivity contribution is 5.73. The van der Waals surface area contributed by atoms with E-state index in [-0.39, 0.29) is 17.8 Å². The predicted molar refractivity (Wildman–Crippen MR) is 114 cm³/mol. The molecule has 3 rings (SSSR count). The number of nitrogens with two attached hydrogens (primary N) is 1. The molecule has 1 aliphatic heterocycles. The summed E-state index contributed by atoms with van der Waals surface area (Å²) < 4.78 is 19.6. The number of nitrogens with zero attached hydrogens (tertiary/aromatic N) is 2. The van der Waals surface area contributed by atoms with Crippen molar-refractivity contribution in [2.75, 3.05) is 44.7 Å². The summed E-state index contributed by atoms with van der Waals surface area (Å²) in [6, 6.07) is 7.07. The minimum absolute atomic E-state index is 0.122. The van der Waals surface area contributed by atoms with Gasteiger partial charge in [0.15, 0.2) is 0 Å². The Morgan fingerprint density at radius 2 is 1.86 bits per heavy atom. The van der Waals surface area contributed by atoms with Crippen molar-refractivity contribution in [2.24, 2.45) is 17.6 Å². The van der Waals surface area contributed by atoms with E-state index in [0.717, 1.165) is 50.7 Å². The molecule has 162 valence electrons. The van der Waals surface area contributed by atoms with E-state index in [4.69, 9.17) is 10.5 Å². The molecule has 1 saturated carbocycles. The van der Waals surface area contributed by atoms with E-state index in [2.05, 4.69) is 9.80 Å². The first-order valence-electron chi connectivity index (χ1n) is 11.1. The van der Waals surface area contributed by atoms with Crippen LogP contribution < -0.4 is 10.6 Å². The number of primary amides is 1. The third-order valence-corrected chi connectivity index (χ3v) is 6.81. The van der Waals surface area contributed by atoms with Crippen LogP contribution in [0.25, 0.3) is 0 Å². The van der Waals surface area contributed by atoms with Crippen molar-refractivity contribution in [1.82, 2.24) is 4.90 Å². The summed E-state index contributed by atoms with van der Waals surface area (Å²) in [4.78, 5) is 15.7. The van der Waals surface area contributed by atoms with Gasteiger partial charge in [0.2, 0.25) is 5.91 Å². The zero-order valence-electron chi connectivity index (χ0n) is 17.7. The number of carbonyl (C=O) groups is 1. The molecule has 5 nitrogen and oxygen atoms in total. The number of carbonyl (C=O) groups excluding carboxylic acids is 1. The maximum atomic E-state index is 14.0. The number of benzene rings is 1. The van der Waals surface area contributed by atoms with E-state index < -0.39 is 0 Å². The van der Waals surface area contributed by atoms with Crippen molar-refractivity contribution >= 4 is 11.6 Å². The van der Waals surface area contributed by atoms with Crippen LogP contribution in [0.2, 0.25) is 0 Å². The summed E-state index contributed by atoms with van der Waals surface area (Å²) in [6.07, 6.45) is 7.42. The lowest BCUT2D eigenvalue weighted by molar-refractivity contribution is -0.119. The highest BCUT2D eigenvalue weighted by Gasteiger charge is 2.28. The number of hydrogen-bond acceptors (Lipinski definition) is 4. The van der Waals surface area contributed by atoms with Crippen molar-refractivity contribution in [3.63, 3.8) is 0 Å². The molecule has 0 bridgehead atoms. The summed E-state index contributed by atoms with van der Waals surface area (Å²) in [6.45, 7) is 4.92. The molecule has 0 radical (unpaired) electrons. The van der Waals surface area contributed by atoms with Crippen molar-refractivity contribution in [1.29, 1.82) is 0 Å². The van der Waals surface area contributed by atoms with Crippen molar-refractivity contribution in [3.05, 3.63) is 30.1 Å². The quantitative estimate of drug-likeness (QED) is 0.684. The van der Waals surface area contributed by atoms with E-state index in [9.17, 15) is 9.18 Å². The Labute approximate surface area is 174 Å². The van der Waals surface area contributed by atoms with Crippen LogP contribution in [0, 0.1) is 17.7 Å². The fourth-order valence-electron chi connectivity index (χ4n) is 4.96. The standard InChI is InChI=1S/C23H36FN3O2/c1-29-22(10-11-23(25)28)19-8-6-18(7-9-19)12-13-26-14-16-27(17-15-26)21-5-3-2-4-20(21)24/h2-5,18-19,22H,6-17H2,1H3,(H2,25,28). The van der Waals surface area contributed by atoms with E-state index in [1.165, 1.54) is 32.1 Å². The average Bonchev–Trinajstić information content (AvgIpc) is 2.74. The monoisotopic (exact) mass is 405 g/mol. The summed E-state index contributed by atoms with van der Waals surface area (Å²) in [7, 11) is 1.75. The smallest absolute Gasteiger partial charge is 0.217 e. The number of methoxy groups -OCH3 is 1. The number of piperazine rings is 1. The van der Waals surface area contributed by atoms with Gasteiger partial charge in [-0.1, -0.05) is 25.0 Å². The Hall–Kier alpha value is -1.66. The minimum Gasteiger partial charge on any atom is -0.381 e.